The Morgan fingerprint density at radius 3 is 2.67 bits per heavy atom. The zero-order valence-corrected chi connectivity index (χ0v) is 16.8. The fraction of sp³-hybridized carbons (Fsp3) is 0.250. The van der Waals surface area contributed by atoms with E-state index in [4.69, 9.17) is 5.73 Å². The topological polar surface area (TPSA) is 50.4 Å². The maximum atomic E-state index is 12.7. The van der Waals surface area contributed by atoms with Crippen molar-refractivity contribution in [3.8, 4) is 11.8 Å². The summed E-state index contributed by atoms with van der Waals surface area (Å²) >= 11 is 0. The molecular weight excluding hydrogens is 466 g/mol. The summed E-state index contributed by atoms with van der Waals surface area (Å²) in [4.78, 5) is 4.09. The Balaban J connectivity index is 0.00000261. The molecule has 3 N–H and O–H groups in total. The normalized spacial score (nSPS) is 13.2. The van der Waals surface area contributed by atoms with Gasteiger partial charge in [0.15, 0.2) is 5.96 Å². The van der Waals surface area contributed by atoms with E-state index in [0.29, 0.717) is 5.56 Å². The van der Waals surface area contributed by atoms with Gasteiger partial charge in [0.1, 0.15) is 6.54 Å². The van der Waals surface area contributed by atoms with Crippen LogP contribution >= 0.6 is 24.0 Å². The molecule has 142 valence electrons. The summed E-state index contributed by atoms with van der Waals surface area (Å²) in [5, 5.41) is 3.01. The molecule has 0 fully saturated rings. The monoisotopic (exact) mass is 485 g/mol. The second kappa shape index (κ2) is 9.13. The minimum absolute atomic E-state index is 0. The molecule has 1 aliphatic rings. The van der Waals surface area contributed by atoms with Crippen LogP contribution in [0.2, 0.25) is 0 Å². The van der Waals surface area contributed by atoms with Crippen LogP contribution in [0, 0.1) is 11.8 Å². The molecule has 0 bridgehead atoms. The van der Waals surface area contributed by atoms with Gasteiger partial charge in [0.05, 0.1) is 5.56 Å². The largest absolute Gasteiger partial charge is 0.416 e. The van der Waals surface area contributed by atoms with Gasteiger partial charge in [-0.05, 0) is 60.7 Å². The first-order valence-electron chi connectivity index (χ1n) is 8.27. The number of nitrogens with zero attached hydrogens (tertiary/aromatic N) is 1. The van der Waals surface area contributed by atoms with Crippen LogP contribution in [0.4, 0.5) is 18.9 Å². The zero-order valence-electron chi connectivity index (χ0n) is 14.4. The van der Waals surface area contributed by atoms with E-state index in [1.165, 1.54) is 29.7 Å². The number of hydrogen-bond acceptors (Lipinski definition) is 1. The summed E-state index contributed by atoms with van der Waals surface area (Å²) < 4.78 is 38.0. The van der Waals surface area contributed by atoms with Crippen LogP contribution in [-0.2, 0) is 19.0 Å². The van der Waals surface area contributed by atoms with Crippen LogP contribution in [-0.4, -0.2) is 12.5 Å². The number of fused-ring (bicyclic) bond motifs is 1. The molecule has 0 saturated carbocycles. The fourth-order valence-electron chi connectivity index (χ4n) is 2.88. The van der Waals surface area contributed by atoms with Gasteiger partial charge in [0.2, 0.25) is 0 Å². The Morgan fingerprint density at radius 2 is 1.89 bits per heavy atom. The number of alkyl halides is 3. The van der Waals surface area contributed by atoms with Crippen molar-refractivity contribution in [2.45, 2.75) is 25.4 Å². The first-order valence-corrected chi connectivity index (χ1v) is 8.27. The van der Waals surface area contributed by atoms with Crippen molar-refractivity contribution >= 4 is 35.6 Å². The number of hydrogen-bond donors (Lipinski definition) is 2. The van der Waals surface area contributed by atoms with E-state index in [-0.39, 0.29) is 36.5 Å². The molecule has 0 aliphatic heterocycles. The van der Waals surface area contributed by atoms with Gasteiger partial charge in [0.25, 0.3) is 0 Å². The van der Waals surface area contributed by atoms with Crippen LogP contribution < -0.4 is 11.1 Å². The lowest BCUT2D eigenvalue weighted by atomic mass is 10.1. The standard InChI is InChI=1S/C20H18F3N3.HI/c21-20(22,23)17-8-1-4-14(12-17)5-3-11-25-19(24)26-18-10-9-15-6-2-7-16(15)13-18;/h1,4,8-10,12-13H,2,6-7,11H2,(H3,24,25,26);1H. The van der Waals surface area contributed by atoms with Gasteiger partial charge in [-0.2, -0.15) is 13.2 Å². The van der Waals surface area contributed by atoms with Gasteiger partial charge in [-0.1, -0.05) is 24.0 Å². The van der Waals surface area contributed by atoms with Crippen LogP contribution in [0.15, 0.2) is 47.5 Å². The van der Waals surface area contributed by atoms with Crippen LogP contribution in [0.25, 0.3) is 0 Å². The molecule has 0 aromatic heterocycles. The molecule has 3 rings (SSSR count). The number of aliphatic imine (C=N–C) groups is 1. The molecule has 0 radical (unpaired) electrons. The number of nitrogens with two attached hydrogens (primary N) is 1. The van der Waals surface area contributed by atoms with Gasteiger partial charge < -0.3 is 11.1 Å². The number of aryl methyl sites for hydroxylation is 2. The molecule has 0 spiro atoms. The van der Waals surface area contributed by atoms with Gasteiger partial charge in [0, 0.05) is 11.3 Å². The molecule has 1 aliphatic carbocycles. The van der Waals surface area contributed by atoms with E-state index >= 15 is 0 Å². The fourth-order valence-corrected chi connectivity index (χ4v) is 2.88. The van der Waals surface area contributed by atoms with Crippen molar-refractivity contribution in [3.63, 3.8) is 0 Å². The van der Waals surface area contributed by atoms with Crippen molar-refractivity contribution in [3.05, 3.63) is 64.7 Å². The van der Waals surface area contributed by atoms with Crippen LogP contribution in [0.1, 0.15) is 28.7 Å². The molecule has 2 aromatic rings. The number of rotatable bonds is 2. The van der Waals surface area contributed by atoms with E-state index in [9.17, 15) is 13.2 Å². The van der Waals surface area contributed by atoms with E-state index < -0.39 is 11.7 Å². The molecule has 0 amide bonds. The lowest BCUT2D eigenvalue weighted by Crippen LogP contribution is -2.22. The molecule has 2 aromatic carbocycles. The summed E-state index contributed by atoms with van der Waals surface area (Å²) in [5.74, 6) is 5.61. The van der Waals surface area contributed by atoms with Crippen molar-refractivity contribution in [2.75, 3.05) is 11.9 Å². The van der Waals surface area contributed by atoms with Crippen molar-refractivity contribution in [1.29, 1.82) is 0 Å². The Hall–Kier alpha value is -2.21. The number of benzene rings is 2. The van der Waals surface area contributed by atoms with Crippen molar-refractivity contribution < 1.29 is 13.2 Å². The quantitative estimate of drug-likeness (QED) is 0.283. The highest BCUT2D eigenvalue weighted by atomic mass is 127. The molecule has 3 nitrogen and oxygen atoms in total. The second-order valence-corrected chi connectivity index (χ2v) is 6.04. The van der Waals surface area contributed by atoms with Gasteiger partial charge in [-0.25, -0.2) is 4.99 Å². The maximum Gasteiger partial charge on any atom is 0.416 e. The Labute approximate surface area is 173 Å². The molecule has 0 saturated heterocycles. The molecule has 7 heteroatoms. The zero-order chi connectivity index (χ0) is 18.6. The van der Waals surface area contributed by atoms with Crippen molar-refractivity contribution in [2.24, 2.45) is 10.7 Å². The summed E-state index contributed by atoms with van der Waals surface area (Å²) in [6.45, 7) is 0.0972. The van der Waals surface area contributed by atoms with Crippen molar-refractivity contribution in [1.82, 2.24) is 0 Å². The minimum Gasteiger partial charge on any atom is -0.370 e. The summed E-state index contributed by atoms with van der Waals surface area (Å²) in [7, 11) is 0. The highest BCUT2D eigenvalue weighted by molar-refractivity contribution is 14.0. The average Bonchev–Trinajstić information content (AvgIpc) is 3.06. The summed E-state index contributed by atoms with van der Waals surface area (Å²) in [6.07, 6.45) is -1.01. The lowest BCUT2D eigenvalue weighted by Gasteiger charge is -2.07. The van der Waals surface area contributed by atoms with Gasteiger partial charge in [-0.3, -0.25) is 0 Å². The van der Waals surface area contributed by atoms with E-state index in [0.717, 1.165) is 30.7 Å². The smallest absolute Gasteiger partial charge is 0.370 e. The Morgan fingerprint density at radius 1 is 1.11 bits per heavy atom. The van der Waals surface area contributed by atoms with Crippen LogP contribution in [0.5, 0.6) is 0 Å². The first kappa shape index (κ1) is 21.1. The summed E-state index contributed by atoms with van der Waals surface area (Å²) in [5.41, 5.74) is 8.98. The molecule has 0 unspecified atom stereocenters. The summed E-state index contributed by atoms with van der Waals surface area (Å²) in [6, 6.07) is 11.0. The minimum atomic E-state index is -4.37. The highest BCUT2D eigenvalue weighted by Gasteiger charge is 2.30. The van der Waals surface area contributed by atoms with Gasteiger partial charge >= 0.3 is 6.18 Å². The second-order valence-electron chi connectivity index (χ2n) is 6.04. The highest BCUT2D eigenvalue weighted by Crippen LogP contribution is 2.29. The lowest BCUT2D eigenvalue weighted by molar-refractivity contribution is -0.137. The number of guanidine groups is 1. The number of anilines is 1. The Bertz CT molecular complexity index is 895. The number of halogens is 4. The molecule has 0 atom stereocenters. The maximum absolute atomic E-state index is 12.7. The predicted molar refractivity (Wildman–Crippen MR) is 112 cm³/mol. The van der Waals surface area contributed by atoms with E-state index in [1.54, 1.807) is 0 Å². The van der Waals surface area contributed by atoms with Crippen LogP contribution in [0.3, 0.4) is 0 Å². The SMILES string of the molecule is I.NC(=NCC#Cc1cccc(C(F)(F)F)c1)Nc1ccc2c(c1)CCC2. The third-order valence-corrected chi connectivity index (χ3v) is 4.12. The third-order valence-electron chi connectivity index (χ3n) is 4.12. The molecule has 27 heavy (non-hydrogen) atoms. The molecular formula is C20H19F3IN3. The number of nitrogens with one attached hydrogen (secondary N) is 1. The van der Waals surface area contributed by atoms with Gasteiger partial charge in [-0.15, -0.1) is 24.0 Å². The third kappa shape index (κ3) is 5.89. The first-order chi connectivity index (χ1) is 12.4. The predicted octanol–water partition coefficient (Wildman–Crippen LogP) is 4.59. The van der Waals surface area contributed by atoms with E-state index in [1.807, 2.05) is 6.07 Å². The molecule has 0 heterocycles. The Kier molecular flexibility index (Phi) is 7.13. The van der Waals surface area contributed by atoms with E-state index in [2.05, 4.69) is 34.3 Å². The average molecular weight is 485 g/mol.